The molecule has 1 saturated carbocycles. The largest absolute Gasteiger partial charge is 0.493 e. The average Bonchev–Trinajstić information content (AvgIpc) is 3.10. The summed E-state index contributed by atoms with van der Waals surface area (Å²) >= 11 is 0. The van der Waals surface area contributed by atoms with Gasteiger partial charge in [-0.1, -0.05) is 20.8 Å². The highest BCUT2D eigenvalue weighted by Crippen LogP contribution is 2.53. The van der Waals surface area contributed by atoms with Crippen molar-refractivity contribution in [1.82, 2.24) is 0 Å². The van der Waals surface area contributed by atoms with E-state index >= 15 is 0 Å². The molecule has 2 rings (SSSR count). The minimum atomic E-state index is 0.282. The van der Waals surface area contributed by atoms with Gasteiger partial charge in [-0.2, -0.15) is 0 Å². The van der Waals surface area contributed by atoms with E-state index in [9.17, 15) is 0 Å². The predicted molar refractivity (Wildman–Crippen MR) is 86.1 cm³/mol. The summed E-state index contributed by atoms with van der Waals surface area (Å²) in [5.74, 6) is 2.40. The number of anilines is 1. The molecule has 1 aliphatic carbocycles. The number of hydrogen-bond donors (Lipinski definition) is 2. The maximum atomic E-state index is 6.00. The van der Waals surface area contributed by atoms with Crippen LogP contribution in [0.15, 0.2) is 23.2 Å². The fourth-order valence-corrected chi connectivity index (χ4v) is 2.43. The Balaban J connectivity index is 2.05. The maximum Gasteiger partial charge on any atom is 0.193 e. The van der Waals surface area contributed by atoms with Gasteiger partial charge in [0.25, 0.3) is 0 Å². The van der Waals surface area contributed by atoms with Crippen molar-refractivity contribution in [2.75, 3.05) is 19.5 Å². The Bertz CT molecular complexity index is 542. The van der Waals surface area contributed by atoms with E-state index in [0.717, 1.165) is 12.1 Å². The third-order valence-corrected chi connectivity index (χ3v) is 4.50. The molecular weight excluding hydrogens is 266 g/mol. The second-order valence-electron chi connectivity index (χ2n) is 6.09. The summed E-state index contributed by atoms with van der Waals surface area (Å²) in [6, 6.07) is 5.88. The molecule has 1 aromatic carbocycles. The lowest BCUT2D eigenvalue weighted by Crippen LogP contribution is -2.24. The van der Waals surface area contributed by atoms with Gasteiger partial charge in [-0.05, 0) is 29.9 Å². The molecule has 21 heavy (non-hydrogen) atoms. The number of aliphatic imine (C=N–C) groups is 1. The fourth-order valence-electron chi connectivity index (χ4n) is 2.43. The summed E-state index contributed by atoms with van der Waals surface area (Å²) in [6.07, 6.45) is 1.10. The Hall–Kier alpha value is -1.91. The molecule has 0 amide bonds. The van der Waals surface area contributed by atoms with Crippen LogP contribution in [0.2, 0.25) is 0 Å². The van der Waals surface area contributed by atoms with Crippen LogP contribution >= 0.6 is 0 Å². The van der Waals surface area contributed by atoms with Gasteiger partial charge in [0.05, 0.1) is 20.3 Å². The first-order valence-corrected chi connectivity index (χ1v) is 7.23. The second kappa shape index (κ2) is 5.84. The number of hydrogen-bond acceptors (Lipinski definition) is 3. The average molecular weight is 291 g/mol. The van der Waals surface area contributed by atoms with Gasteiger partial charge >= 0.3 is 0 Å². The van der Waals surface area contributed by atoms with E-state index in [1.165, 1.54) is 0 Å². The number of nitrogens with zero attached hydrogens (tertiary/aromatic N) is 1. The van der Waals surface area contributed by atoms with Gasteiger partial charge in [-0.3, -0.25) is 0 Å². The number of ether oxygens (including phenoxy) is 2. The molecule has 0 heterocycles. The Morgan fingerprint density at radius 1 is 1.33 bits per heavy atom. The van der Waals surface area contributed by atoms with Crippen LogP contribution in [-0.2, 0) is 0 Å². The van der Waals surface area contributed by atoms with E-state index in [4.69, 9.17) is 15.2 Å². The van der Waals surface area contributed by atoms with Gasteiger partial charge in [0.2, 0.25) is 0 Å². The van der Waals surface area contributed by atoms with Crippen molar-refractivity contribution in [1.29, 1.82) is 0 Å². The summed E-state index contributed by atoms with van der Waals surface area (Å²) in [4.78, 5) is 4.57. The first-order chi connectivity index (χ1) is 9.90. The lowest BCUT2D eigenvalue weighted by atomic mass is 9.94. The van der Waals surface area contributed by atoms with Crippen molar-refractivity contribution >= 4 is 11.6 Å². The van der Waals surface area contributed by atoms with E-state index in [1.54, 1.807) is 14.2 Å². The summed E-state index contributed by atoms with van der Waals surface area (Å²) in [5.41, 5.74) is 7.11. The molecule has 3 N–H and O–H groups in total. The summed E-state index contributed by atoms with van der Waals surface area (Å²) < 4.78 is 10.5. The molecule has 116 valence electrons. The summed E-state index contributed by atoms with van der Waals surface area (Å²) in [5, 5.41) is 3.11. The van der Waals surface area contributed by atoms with E-state index in [0.29, 0.717) is 29.4 Å². The van der Waals surface area contributed by atoms with Crippen molar-refractivity contribution in [3.8, 4) is 11.5 Å². The number of nitrogens with one attached hydrogen (secondary N) is 1. The van der Waals surface area contributed by atoms with Gasteiger partial charge in [0, 0.05) is 11.8 Å². The van der Waals surface area contributed by atoms with Crippen molar-refractivity contribution in [3.63, 3.8) is 0 Å². The van der Waals surface area contributed by atoms with Crippen molar-refractivity contribution in [2.45, 2.75) is 33.2 Å². The minimum Gasteiger partial charge on any atom is -0.493 e. The molecular formula is C16H25N3O2. The van der Waals surface area contributed by atoms with E-state index < -0.39 is 0 Å². The van der Waals surface area contributed by atoms with Crippen LogP contribution in [0.3, 0.4) is 0 Å². The fraction of sp³-hybridized carbons (Fsp3) is 0.562. The highest BCUT2D eigenvalue weighted by molar-refractivity contribution is 5.92. The van der Waals surface area contributed by atoms with Crippen LogP contribution in [0, 0.1) is 11.3 Å². The number of methoxy groups -OCH3 is 2. The third-order valence-electron chi connectivity index (χ3n) is 4.50. The van der Waals surface area contributed by atoms with Crippen LogP contribution in [0.25, 0.3) is 0 Å². The van der Waals surface area contributed by atoms with Gasteiger partial charge in [-0.25, -0.2) is 4.99 Å². The molecule has 0 radical (unpaired) electrons. The number of rotatable bonds is 5. The molecule has 2 unspecified atom stereocenters. The molecule has 5 heteroatoms. The molecule has 0 bridgehead atoms. The van der Waals surface area contributed by atoms with Crippen LogP contribution in [0.1, 0.15) is 27.2 Å². The van der Waals surface area contributed by atoms with Crippen molar-refractivity contribution in [2.24, 2.45) is 22.1 Å². The molecule has 5 nitrogen and oxygen atoms in total. The van der Waals surface area contributed by atoms with Crippen molar-refractivity contribution < 1.29 is 9.47 Å². The molecule has 1 fully saturated rings. The van der Waals surface area contributed by atoms with Crippen LogP contribution in [0.5, 0.6) is 11.5 Å². The van der Waals surface area contributed by atoms with Gasteiger partial charge in [0.15, 0.2) is 17.5 Å². The van der Waals surface area contributed by atoms with Gasteiger partial charge in [-0.15, -0.1) is 0 Å². The van der Waals surface area contributed by atoms with Crippen LogP contribution in [0.4, 0.5) is 5.69 Å². The highest BCUT2D eigenvalue weighted by atomic mass is 16.5. The zero-order valence-corrected chi connectivity index (χ0v) is 13.4. The van der Waals surface area contributed by atoms with Crippen LogP contribution in [-0.4, -0.2) is 26.2 Å². The molecule has 0 aromatic heterocycles. The lowest BCUT2D eigenvalue weighted by Gasteiger charge is -2.14. The quantitative estimate of drug-likeness (QED) is 0.646. The van der Waals surface area contributed by atoms with Gasteiger partial charge in [0.1, 0.15) is 0 Å². The van der Waals surface area contributed by atoms with Gasteiger partial charge < -0.3 is 20.5 Å². The maximum absolute atomic E-state index is 6.00. The van der Waals surface area contributed by atoms with Crippen molar-refractivity contribution in [3.05, 3.63) is 18.2 Å². The zero-order valence-electron chi connectivity index (χ0n) is 13.4. The number of guanidine groups is 1. The zero-order chi connectivity index (χ0) is 15.6. The molecule has 2 atom stereocenters. The normalized spacial score (nSPS) is 24.9. The lowest BCUT2D eigenvalue weighted by molar-refractivity contribution is 0.355. The Morgan fingerprint density at radius 3 is 2.52 bits per heavy atom. The van der Waals surface area contributed by atoms with Crippen LogP contribution < -0.4 is 20.5 Å². The molecule has 0 spiro atoms. The molecule has 0 saturated heterocycles. The van der Waals surface area contributed by atoms with E-state index in [1.807, 2.05) is 18.2 Å². The topological polar surface area (TPSA) is 68.9 Å². The molecule has 1 aromatic rings. The first-order valence-electron chi connectivity index (χ1n) is 7.23. The Morgan fingerprint density at radius 2 is 2.00 bits per heavy atom. The predicted octanol–water partition coefficient (Wildman–Crippen LogP) is 2.87. The summed E-state index contributed by atoms with van der Waals surface area (Å²) in [7, 11) is 3.22. The number of benzene rings is 1. The second-order valence-corrected chi connectivity index (χ2v) is 6.09. The Labute approximate surface area is 126 Å². The molecule has 1 aliphatic rings. The standard InChI is InChI=1S/C16H25N3O2/c1-10(2)16(3)9-14(16)19-15(17)18-11-6-7-12(20-4)13(8-11)21-5/h6-8,10,14H,9H2,1-5H3,(H3,17,18,19). The third kappa shape index (κ3) is 3.23. The number of nitrogens with two attached hydrogens (primary N) is 1. The van der Waals surface area contributed by atoms with E-state index in [-0.39, 0.29) is 5.41 Å². The summed E-state index contributed by atoms with van der Waals surface area (Å²) in [6.45, 7) is 6.72. The SMILES string of the molecule is COc1ccc(NC(N)=NC2CC2(C)C(C)C)cc1OC. The smallest absolute Gasteiger partial charge is 0.193 e. The monoisotopic (exact) mass is 291 g/mol. The Kier molecular flexibility index (Phi) is 4.30. The molecule has 0 aliphatic heterocycles. The first kappa shape index (κ1) is 15.5. The minimum absolute atomic E-state index is 0.282. The van der Waals surface area contributed by atoms with E-state index in [2.05, 4.69) is 31.1 Å². The highest BCUT2D eigenvalue weighted by Gasteiger charge is 2.52.